The molecule has 0 bridgehead atoms. The molecule has 0 fully saturated rings. The number of carbonyl (C=O) groups excluding carboxylic acids is 1. The highest BCUT2D eigenvalue weighted by Crippen LogP contribution is 2.19. The third-order valence-electron chi connectivity index (χ3n) is 2.38. The first-order valence-electron chi connectivity index (χ1n) is 5.54. The van der Waals surface area contributed by atoms with Gasteiger partial charge >= 0.3 is 0 Å². The molecule has 5 nitrogen and oxygen atoms in total. The number of nitrogen functional groups attached to an aromatic ring is 1. The molecule has 0 heterocycles. The van der Waals surface area contributed by atoms with Gasteiger partial charge in [-0.2, -0.15) is 0 Å². The number of methoxy groups -OCH3 is 1. The Morgan fingerprint density at radius 2 is 2.33 bits per heavy atom. The summed E-state index contributed by atoms with van der Waals surface area (Å²) in [6, 6.07) is 4.69. The number of rotatable bonds is 6. The van der Waals surface area contributed by atoms with E-state index in [9.17, 15) is 9.90 Å². The zero-order chi connectivity index (χ0) is 13.5. The highest BCUT2D eigenvalue weighted by atomic mass is 35.5. The van der Waals surface area contributed by atoms with Gasteiger partial charge in [-0.15, -0.1) is 0 Å². The minimum Gasteiger partial charge on any atom is -0.398 e. The molecule has 1 atom stereocenters. The van der Waals surface area contributed by atoms with Crippen molar-refractivity contribution in [3.63, 3.8) is 0 Å². The fourth-order valence-electron chi connectivity index (χ4n) is 1.40. The van der Waals surface area contributed by atoms with Gasteiger partial charge in [0.15, 0.2) is 0 Å². The molecule has 0 saturated carbocycles. The van der Waals surface area contributed by atoms with Gasteiger partial charge in [-0.25, -0.2) is 0 Å². The summed E-state index contributed by atoms with van der Waals surface area (Å²) in [5.74, 6) is -0.249. The van der Waals surface area contributed by atoms with Gasteiger partial charge in [-0.05, 0) is 24.6 Å². The summed E-state index contributed by atoms with van der Waals surface area (Å²) in [6.07, 6.45) is -0.146. The molecule has 0 aromatic heterocycles. The van der Waals surface area contributed by atoms with Crippen LogP contribution in [0.1, 0.15) is 16.8 Å². The number of benzene rings is 1. The van der Waals surface area contributed by atoms with Gasteiger partial charge in [0.2, 0.25) is 0 Å². The van der Waals surface area contributed by atoms with Gasteiger partial charge in [0.05, 0.1) is 23.4 Å². The van der Waals surface area contributed by atoms with E-state index in [1.807, 2.05) is 0 Å². The van der Waals surface area contributed by atoms with Crippen molar-refractivity contribution < 1.29 is 14.6 Å². The lowest BCUT2D eigenvalue weighted by Crippen LogP contribution is -2.28. The van der Waals surface area contributed by atoms with Crippen LogP contribution in [0.15, 0.2) is 18.2 Å². The maximum Gasteiger partial charge on any atom is 0.251 e. The fourth-order valence-corrected chi connectivity index (χ4v) is 1.58. The highest BCUT2D eigenvalue weighted by molar-refractivity contribution is 6.33. The molecule has 1 aromatic rings. The molecule has 1 rings (SSSR count). The lowest BCUT2D eigenvalue weighted by molar-refractivity contribution is 0.0587. The molecule has 0 spiro atoms. The Hall–Kier alpha value is -1.30. The summed E-state index contributed by atoms with van der Waals surface area (Å²) >= 11 is 5.82. The number of nitrogens with two attached hydrogens (primary N) is 1. The van der Waals surface area contributed by atoms with E-state index >= 15 is 0 Å². The molecular weight excluding hydrogens is 256 g/mol. The summed E-state index contributed by atoms with van der Waals surface area (Å²) < 4.78 is 4.78. The van der Waals surface area contributed by atoms with Crippen LogP contribution >= 0.6 is 11.6 Å². The van der Waals surface area contributed by atoms with Crippen molar-refractivity contribution in [1.82, 2.24) is 5.32 Å². The molecule has 1 amide bonds. The van der Waals surface area contributed by atoms with E-state index in [2.05, 4.69) is 5.32 Å². The number of hydrogen-bond donors (Lipinski definition) is 3. The second kappa shape index (κ2) is 7.20. The van der Waals surface area contributed by atoms with Gasteiger partial charge in [0.1, 0.15) is 0 Å². The predicted octanol–water partition coefficient (Wildman–Crippen LogP) is 1.05. The molecule has 1 aromatic carbocycles. The van der Waals surface area contributed by atoms with Crippen LogP contribution < -0.4 is 11.1 Å². The maximum atomic E-state index is 11.7. The summed E-state index contributed by atoms with van der Waals surface area (Å²) in [5, 5.41) is 12.4. The Morgan fingerprint density at radius 3 is 2.94 bits per heavy atom. The lowest BCUT2D eigenvalue weighted by Gasteiger charge is -2.10. The minimum absolute atomic E-state index is 0.249. The second-order valence-corrected chi connectivity index (χ2v) is 4.30. The molecule has 4 N–H and O–H groups in total. The van der Waals surface area contributed by atoms with E-state index in [0.717, 1.165) is 0 Å². The molecule has 0 saturated heterocycles. The number of anilines is 1. The number of nitrogens with one attached hydrogen (secondary N) is 1. The van der Waals surface area contributed by atoms with E-state index in [-0.39, 0.29) is 12.5 Å². The molecule has 18 heavy (non-hydrogen) atoms. The Kier molecular flexibility index (Phi) is 5.91. The van der Waals surface area contributed by atoms with Crippen LogP contribution in [0.25, 0.3) is 0 Å². The normalized spacial score (nSPS) is 12.2. The number of amides is 1. The van der Waals surface area contributed by atoms with Gasteiger partial charge in [-0.3, -0.25) is 4.79 Å². The zero-order valence-corrected chi connectivity index (χ0v) is 10.9. The lowest BCUT2D eigenvalue weighted by atomic mass is 10.2. The third kappa shape index (κ3) is 4.52. The Labute approximate surface area is 111 Å². The molecule has 0 radical (unpaired) electrons. The van der Waals surface area contributed by atoms with Crippen molar-refractivity contribution in [2.24, 2.45) is 0 Å². The highest BCUT2D eigenvalue weighted by Gasteiger charge is 2.08. The molecule has 6 heteroatoms. The molecular formula is C12H17ClN2O3. The number of aliphatic hydroxyl groups excluding tert-OH is 1. The molecule has 0 aliphatic carbocycles. The summed E-state index contributed by atoms with van der Waals surface area (Å²) in [4.78, 5) is 11.7. The van der Waals surface area contributed by atoms with Crippen molar-refractivity contribution in [1.29, 1.82) is 0 Å². The Morgan fingerprint density at radius 1 is 1.61 bits per heavy atom. The first-order valence-corrected chi connectivity index (χ1v) is 5.92. The van der Waals surface area contributed by atoms with E-state index in [4.69, 9.17) is 22.1 Å². The predicted molar refractivity (Wildman–Crippen MR) is 70.7 cm³/mol. The maximum absolute atomic E-state index is 11.7. The standard InChI is InChI=1S/C12H17ClN2O3/c1-18-7-9(16)4-5-15-12(17)8-2-3-11(14)10(13)6-8/h2-3,6,9,16H,4-5,7,14H2,1H3,(H,15,17). The fraction of sp³-hybridized carbons (Fsp3) is 0.417. The summed E-state index contributed by atoms with van der Waals surface area (Å²) in [7, 11) is 1.51. The average molecular weight is 273 g/mol. The van der Waals surface area contributed by atoms with Crippen LogP contribution in [0.5, 0.6) is 0 Å². The van der Waals surface area contributed by atoms with E-state index < -0.39 is 6.10 Å². The average Bonchev–Trinajstić information content (AvgIpc) is 2.33. The Balaban J connectivity index is 2.43. The smallest absolute Gasteiger partial charge is 0.251 e. The summed E-state index contributed by atoms with van der Waals surface area (Å²) in [5.41, 5.74) is 6.43. The van der Waals surface area contributed by atoms with Crippen LogP contribution in [0, 0.1) is 0 Å². The Bertz CT molecular complexity index is 412. The zero-order valence-electron chi connectivity index (χ0n) is 10.1. The van der Waals surface area contributed by atoms with Crippen LogP contribution in [-0.4, -0.2) is 37.4 Å². The van der Waals surface area contributed by atoms with Crippen molar-refractivity contribution in [2.75, 3.05) is 26.0 Å². The minimum atomic E-state index is -0.578. The van der Waals surface area contributed by atoms with E-state index in [0.29, 0.717) is 29.2 Å². The van der Waals surface area contributed by atoms with Crippen LogP contribution in [-0.2, 0) is 4.74 Å². The number of carbonyl (C=O) groups is 1. The van der Waals surface area contributed by atoms with Crippen LogP contribution in [0.2, 0.25) is 5.02 Å². The number of hydrogen-bond acceptors (Lipinski definition) is 4. The second-order valence-electron chi connectivity index (χ2n) is 3.89. The number of halogens is 1. The van der Waals surface area contributed by atoms with Crippen LogP contribution in [0.3, 0.4) is 0 Å². The molecule has 0 aliphatic heterocycles. The van der Waals surface area contributed by atoms with E-state index in [1.54, 1.807) is 12.1 Å². The van der Waals surface area contributed by atoms with Crippen molar-refractivity contribution >= 4 is 23.2 Å². The van der Waals surface area contributed by atoms with Gasteiger partial charge < -0.3 is 20.9 Å². The molecule has 1 unspecified atom stereocenters. The SMILES string of the molecule is COCC(O)CCNC(=O)c1ccc(N)c(Cl)c1. The van der Waals surface area contributed by atoms with E-state index in [1.165, 1.54) is 13.2 Å². The van der Waals surface area contributed by atoms with Crippen molar-refractivity contribution in [3.8, 4) is 0 Å². The summed E-state index contributed by atoms with van der Waals surface area (Å²) in [6.45, 7) is 0.620. The van der Waals surface area contributed by atoms with Gasteiger partial charge in [-0.1, -0.05) is 11.6 Å². The van der Waals surface area contributed by atoms with Gasteiger partial charge in [0.25, 0.3) is 5.91 Å². The third-order valence-corrected chi connectivity index (χ3v) is 2.71. The molecule has 0 aliphatic rings. The largest absolute Gasteiger partial charge is 0.398 e. The topological polar surface area (TPSA) is 84.6 Å². The molecule has 100 valence electrons. The first-order chi connectivity index (χ1) is 8.54. The number of aliphatic hydroxyl groups is 1. The quantitative estimate of drug-likeness (QED) is 0.676. The van der Waals surface area contributed by atoms with Gasteiger partial charge in [0, 0.05) is 19.2 Å². The van der Waals surface area contributed by atoms with Crippen molar-refractivity contribution in [3.05, 3.63) is 28.8 Å². The van der Waals surface area contributed by atoms with Crippen LogP contribution in [0.4, 0.5) is 5.69 Å². The van der Waals surface area contributed by atoms with Crippen molar-refractivity contribution in [2.45, 2.75) is 12.5 Å². The number of ether oxygens (including phenoxy) is 1. The first kappa shape index (κ1) is 14.8. The monoisotopic (exact) mass is 272 g/mol.